The summed E-state index contributed by atoms with van der Waals surface area (Å²) in [6, 6.07) is 78.7. The van der Waals surface area contributed by atoms with Crippen LogP contribution in [0, 0.1) is 0 Å². The lowest BCUT2D eigenvalue weighted by Gasteiger charge is -2.42. The van der Waals surface area contributed by atoms with Crippen molar-refractivity contribution in [3.05, 3.63) is 223 Å². The number of anilines is 8. The van der Waals surface area contributed by atoms with Crippen LogP contribution in [0.25, 0.3) is 44.3 Å². The molecule has 0 unspecified atom stereocenters. The van der Waals surface area contributed by atoms with Crippen LogP contribution in [0.2, 0.25) is 0 Å². The standard InChI is InChI=1S/C65H57BN4/c1-64(2,3)47-31-34-49(35-32-47)69(57-29-19-17-27-51(57)44-23-13-9-14-24-44)50-36-37-54-59(42-50)70(58-30-20-18-28-52(58)45-25-15-10-16-26-45)60-40-46(43-21-11-8-12-22-43)39-55-61(60)66(54)63-62(67-55)53-41-48(65(4,5)6)33-38-56(53)68(63)7/h8-42,67H,1-7H3. The molecule has 0 radical (unpaired) electrons. The van der Waals surface area contributed by atoms with Gasteiger partial charge >= 0.3 is 0 Å². The van der Waals surface area contributed by atoms with Crippen LogP contribution >= 0.6 is 0 Å². The lowest BCUT2D eigenvalue weighted by Crippen LogP contribution is -2.61. The van der Waals surface area contributed by atoms with Gasteiger partial charge in [-0.3, -0.25) is 0 Å². The maximum atomic E-state index is 4.13. The zero-order valence-corrected chi connectivity index (χ0v) is 41.1. The Hall–Kier alpha value is -8.02. The number of para-hydroxylation sites is 2. The van der Waals surface area contributed by atoms with Crippen LogP contribution in [0.15, 0.2) is 212 Å². The molecule has 2 aliphatic rings. The van der Waals surface area contributed by atoms with Gasteiger partial charge in [0.1, 0.15) is 0 Å². The van der Waals surface area contributed by atoms with Crippen molar-refractivity contribution in [3.8, 4) is 33.4 Å². The zero-order valence-electron chi connectivity index (χ0n) is 41.1. The molecular weight excluding hydrogens is 848 g/mol. The molecule has 2 aliphatic heterocycles. The Morgan fingerprint density at radius 3 is 1.70 bits per heavy atom. The number of rotatable bonds is 7. The number of hydrogen-bond donors (Lipinski definition) is 1. The van der Waals surface area contributed by atoms with Crippen molar-refractivity contribution < 1.29 is 0 Å². The fourth-order valence-electron chi connectivity index (χ4n) is 11.1. The van der Waals surface area contributed by atoms with Gasteiger partial charge in [0.2, 0.25) is 0 Å². The molecule has 10 aromatic rings. The summed E-state index contributed by atoms with van der Waals surface area (Å²) in [6.07, 6.45) is 0. The quantitative estimate of drug-likeness (QED) is 0.161. The summed E-state index contributed by atoms with van der Waals surface area (Å²) >= 11 is 0. The monoisotopic (exact) mass is 904 g/mol. The Bertz CT molecular complexity index is 3600. The second-order valence-corrected chi connectivity index (χ2v) is 21.2. The van der Waals surface area contributed by atoms with Crippen LogP contribution in [0.5, 0.6) is 0 Å². The number of fused-ring (bicyclic) bond motifs is 6. The van der Waals surface area contributed by atoms with E-state index in [1.807, 2.05) is 0 Å². The third-order valence-corrected chi connectivity index (χ3v) is 14.7. The van der Waals surface area contributed by atoms with Crippen LogP contribution in [-0.2, 0) is 17.9 Å². The highest BCUT2D eigenvalue weighted by Gasteiger charge is 2.44. The molecule has 0 amide bonds. The molecule has 1 N–H and O–H groups in total. The molecule has 9 aromatic carbocycles. The molecule has 1 aromatic heterocycles. The molecule has 340 valence electrons. The topological polar surface area (TPSA) is 23.4 Å². The van der Waals surface area contributed by atoms with Gasteiger partial charge in [-0.25, -0.2) is 0 Å². The van der Waals surface area contributed by atoms with E-state index in [1.54, 1.807) is 0 Å². The minimum atomic E-state index is -0.0677. The number of benzene rings is 9. The molecule has 12 rings (SSSR count). The lowest BCUT2D eigenvalue weighted by molar-refractivity contribution is 0.590. The van der Waals surface area contributed by atoms with Gasteiger partial charge in [-0.15, -0.1) is 0 Å². The van der Waals surface area contributed by atoms with Crippen molar-refractivity contribution in [3.63, 3.8) is 0 Å². The largest absolute Gasteiger partial charge is 0.355 e. The molecule has 70 heavy (non-hydrogen) atoms. The van der Waals surface area contributed by atoms with Gasteiger partial charge in [0.05, 0.1) is 17.1 Å². The minimum Gasteiger partial charge on any atom is -0.355 e. The highest BCUT2D eigenvalue weighted by molar-refractivity contribution is 7.00. The molecule has 0 saturated heterocycles. The first-order valence-electron chi connectivity index (χ1n) is 24.7. The van der Waals surface area contributed by atoms with E-state index in [0.29, 0.717) is 0 Å². The zero-order chi connectivity index (χ0) is 47.9. The highest BCUT2D eigenvalue weighted by atomic mass is 15.2. The Morgan fingerprint density at radius 1 is 0.457 bits per heavy atom. The van der Waals surface area contributed by atoms with E-state index in [-0.39, 0.29) is 17.5 Å². The third-order valence-electron chi connectivity index (χ3n) is 14.7. The summed E-state index contributed by atoms with van der Waals surface area (Å²) in [7, 11) is 2.26. The fourth-order valence-corrected chi connectivity index (χ4v) is 11.1. The van der Waals surface area contributed by atoms with Gasteiger partial charge in [-0.2, -0.15) is 0 Å². The van der Waals surface area contributed by atoms with Gasteiger partial charge < -0.3 is 19.7 Å². The number of hydrogen-bond acceptors (Lipinski definition) is 3. The van der Waals surface area contributed by atoms with Crippen molar-refractivity contribution >= 4 is 79.6 Å². The Morgan fingerprint density at radius 2 is 1.03 bits per heavy atom. The Balaban J connectivity index is 1.18. The second-order valence-electron chi connectivity index (χ2n) is 21.2. The SMILES string of the molecule is Cn1c2c(c3cc(C(C)(C)C)ccc31)Nc1cc(-c3ccccc3)cc3c1B2c1ccc(N(c2ccc(C(C)(C)C)cc2)c2ccccc2-c2ccccc2)cc1N3c1ccccc1-c1ccccc1. The number of nitrogens with zero attached hydrogens (tertiary/aromatic N) is 3. The first kappa shape index (κ1) is 43.3. The summed E-state index contributed by atoms with van der Waals surface area (Å²) < 4.78 is 2.46. The number of nitrogens with one attached hydrogen (secondary N) is 1. The van der Waals surface area contributed by atoms with Gasteiger partial charge in [-0.1, -0.05) is 193 Å². The van der Waals surface area contributed by atoms with Gasteiger partial charge in [0.25, 0.3) is 6.71 Å². The van der Waals surface area contributed by atoms with Crippen LogP contribution in [0.4, 0.5) is 45.5 Å². The number of aryl methyl sites for hydroxylation is 1. The molecule has 0 fully saturated rings. The summed E-state index contributed by atoms with van der Waals surface area (Å²) in [4.78, 5) is 5.04. The fraction of sp³-hybridized carbons (Fsp3) is 0.138. The summed E-state index contributed by atoms with van der Waals surface area (Å²) in [5.41, 5.74) is 23.8. The third kappa shape index (κ3) is 7.22. The van der Waals surface area contributed by atoms with E-state index in [9.17, 15) is 0 Å². The normalized spacial score (nSPS) is 12.8. The molecule has 0 spiro atoms. The molecule has 0 atom stereocenters. The van der Waals surface area contributed by atoms with E-state index in [4.69, 9.17) is 0 Å². The van der Waals surface area contributed by atoms with Gasteiger partial charge in [0.15, 0.2) is 0 Å². The molecule has 5 heteroatoms. The molecule has 4 nitrogen and oxygen atoms in total. The lowest BCUT2D eigenvalue weighted by atomic mass is 9.35. The summed E-state index contributed by atoms with van der Waals surface area (Å²) in [5.74, 6) is 0. The maximum absolute atomic E-state index is 4.13. The molecule has 0 aliphatic carbocycles. The van der Waals surface area contributed by atoms with Crippen molar-refractivity contribution in [2.24, 2.45) is 7.05 Å². The van der Waals surface area contributed by atoms with E-state index in [2.05, 4.69) is 281 Å². The van der Waals surface area contributed by atoms with E-state index in [0.717, 1.165) is 34.1 Å². The smallest absolute Gasteiger partial charge is 0.272 e. The molecule has 3 heterocycles. The molecular formula is C65H57BN4. The number of aromatic nitrogens is 1. The van der Waals surface area contributed by atoms with Crippen LogP contribution < -0.4 is 31.6 Å². The van der Waals surface area contributed by atoms with Crippen LogP contribution in [0.1, 0.15) is 52.7 Å². The van der Waals surface area contributed by atoms with E-state index in [1.165, 1.54) is 83.3 Å². The van der Waals surface area contributed by atoms with Gasteiger partial charge in [-0.05, 0) is 116 Å². The highest BCUT2D eigenvalue weighted by Crippen LogP contribution is 2.49. The molecule has 0 bridgehead atoms. The minimum absolute atomic E-state index is 0.00427. The van der Waals surface area contributed by atoms with Crippen LogP contribution in [-0.4, -0.2) is 11.3 Å². The predicted molar refractivity (Wildman–Crippen MR) is 300 cm³/mol. The summed E-state index contributed by atoms with van der Waals surface area (Å²) in [6.45, 7) is 13.7. The Labute approximate surface area is 413 Å². The van der Waals surface area contributed by atoms with E-state index >= 15 is 0 Å². The average Bonchev–Trinajstić information content (AvgIpc) is 3.66. The first-order valence-corrected chi connectivity index (χ1v) is 24.7. The second kappa shape index (κ2) is 16.6. The first-order chi connectivity index (χ1) is 33.9. The summed E-state index contributed by atoms with van der Waals surface area (Å²) in [5, 5.41) is 5.38. The maximum Gasteiger partial charge on any atom is 0.272 e. The Kier molecular flexibility index (Phi) is 10.3. The van der Waals surface area contributed by atoms with Crippen molar-refractivity contribution in [1.29, 1.82) is 0 Å². The molecule has 0 saturated carbocycles. The van der Waals surface area contributed by atoms with Gasteiger partial charge in [0, 0.05) is 63.1 Å². The van der Waals surface area contributed by atoms with Crippen molar-refractivity contribution in [2.45, 2.75) is 52.4 Å². The van der Waals surface area contributed by atoms with Crippen LogP contribution in [0.3, 0.4) is 0 Å². The van der Waals surface area contributed by atoms with Crippen molar-refractivity contribution in [1.82, 2.24) is 4.57 Å². The van der Waals surface area contributed by atoms with Crippen molar-refractivity contribution in [2.75, 3.05) is 15.1 Å². The van der Waals surface area contributed by atoms with E-state index < -0.39 is 0 Å². The average molecular weight is 905 g/mol. The predicted octanol–water partition coefficient (Wildman–Crippen LogP) is 15.6.